The fourth-order valence-electron chi connectivity index (χ4n) is 2.14. The van der Waals surface area contributed by atoms with Crippen LogP contribution in [-0.4, -0.2) is 43.8 Å². The fraction of sp³-hybridized carbons (Fsp3) is 0.312. The van der Waals surface area contributed by atoms with Crippen LogP contribution in [0.5, 0.6) is 6.01 Å². The molecule has 3 aromatic heterocycles. The number of alkyl halides is 3. The Morgan fingerprint density at radius 1 is 1.18 bits per heavy atom. The van der Waals surface area contributed by atoms with E-state index in [0.29, 0.717) is 11.3 Å². The maximum absolute atomic E-state index is 12.2. The number of aromatic nitrogens is 5. The maximum Gasteiger partial charge on any atom is 0.422 e. The predicted molar refractivity (Wildman–Crippen MR) is 99.5 cm³/mol. The Balaban J connectivity index is 1.75. The number of thiazole rings is 1. The van der Waals surface area contributed by atoms with Crippen LogP contribution in [0, 0.1) is 0 Å². The lowest BCUT2D eigenvalue weighted by molar-refractivity contribution is -0.154. The van der Waals surface area contributed by atoms with Gasteiger partial charge in [-0.25, -0.2) is 19.6 Å². The van der Waals surface area contributed by atoms with Crippen molar-refractivity contribution in [2.24, 2.45) is 0 Å². The molecule has 0 aliphatic rings. The molecular weight excluding hydrogens is 415 g/mol. The van der Waals surface area contributed by atoms with Gasteiger partial charge in [-0.1, -0.05) is 0 Å². The van der Waals surface area contributed by atoms with E-state index in [0.717, 1.165) is 15.6 Å². The van der Waals surface area contributed by atoms with Crippen molar-refractivity contribution in [3.8, 4) is 17.3 Å². The van der Waals surface area contributed by atoms with Crippen LogP contribution in [0.4, 0.5) is 13.2 Å². The summed E-state index contributed by atoms with van der Waals surface area (Å²) in [6, 6.07) is 2.47. The third kappa shape index (κ3) is 5.52. The van der Waals surface area contributed by atoms with Crippen LogP contribution < -0.4 is 10.3 Å². The van der Waals surface area contributed by atoms with Crippen LogP contribution in [0.25, 0.3) is 11.3 Å². The first-order chi connectivity index (χ1) is 13.3. The van der Waals surface area contributed by atoms with Crippen molar-refractivity contribution in [1.29, 1.82) is 0 Å². The van der Waals surface area contributed by atoms with Gasteiger partial charge in [0.25, 0.3) is 5.56 Å². The van der Waals surface area contributed by atoms with Gasteiger partial charge >= 0.3 is 12.2 Å². The molecule has 3 rings (SSSR count). The summed E-state index contributed by atoms with van der Waals surface area (Å²) in [5, 5.41) is 5.25. The van der Waals surface area contributed by atoms with E-state index >= 15 is 0 Å². The molecule has 0 bridgehead atoms. The molecule has 0 aromatic carbocycles. The highest BCUT2D eigenvalue weighted by Crippen LogP contribution is 2.20. The van der Waals surface area contributed by atoms with Crippen LogP contribution in [0.3, 0.4) is 0 Å². The molecule has 0 atom stereocenters. The lowest BCUT2D eigenvalue weighted by Crippen LogP contribution is -2.22. The Hall–Kier alpha value is -2.47. The highest BCUT2D eigenvalue weighted by Gasteiger charge is 2.28. The lowest BCUT2D eigenvalue weighted by atomic mass is 10.2. The van der Waals surface area contributed by atoms with Gasteiger partial charge in [-0.2, -0.15) is 30.0 Å². The van der Waals surface area contributed by atoms with Gasteiger partial charge < -0.3 is 4.74 Å². The molecule has 0 saturated heterocycles. The zero-order chi connectivity index (χ0) is 20.1. The van der Waals surface area contributed by atoms with Crippen molar-refractivity contribution in [2.45, 2.75) is 18.5 Å². The summed E-state index contributed by atoms with van der Waals surface area (Å²) < 4.78 is 42.3. The van der Waals surface area contributed by atoms with Gasteiger partial charge in [0.1, 0.15) is 5.01 Å². The van der Waals surface area contributed by atoms with Gasteiger partial charge in [0.15, 0.2) is 6.61 Å². The standard InChI is InChI=1S/C16H14F3N5O2S2/c1-27-8-13-20-6-11(28-13)7-24-14(25)3-2-12(23-24)10-4-21-15(22-5-10)26-9-16(17,18)19/h2-6H,7-9H2,1H3. The summed E-state index contributed by atoms with van der Waals surface area (Å²) in [4.78, 5) is 24.8. The van der Waals surface area contributed by atoms with Crippen LogP contribution >= 0.6 is 23.1 Å². The zero-order valence-corrected chi connectivity index (χ0v) is 16.1. The Bertz CT molecular complexity index is 989. The second-order valence-corrected chi connectivity index (χ2v) is 7.59. The number of nitrogens with zero attached hydrogens (tertiary/aromatic N) is 5. The van der Waals surface area contributed by atoms with Gasteiger partial charge in [0, 0.05) is 40.9 Å². The molecule has 0 amide bonds. The number of hydrogen-bond acceptors (Lipinski definition) is 8. The minimum Gasteiger partial charge on any atom is -0.454 e. The van der Waals surface area contributed by atoms with E-state index in [1.54, 1.807) is 18.0 Å². The van der Waals surface area contributed by atoms with Crippen LogP contribution in [0.1, 0.15) is 9.88 Å². The van der Waals surface area contributed by atoms with E-state index in [1.807, 2.05) is 6.26 Å². The average molecular weight is 429 g/mol. The largest absolute Gasteiger partial charge is 0.454 e. The Labute approximate surface area is 165 Å². The van der Waals surface area contributed by atoms with Gasteiger partial charge in [0.05, 0.1) is 12.2 Å². The smallest absolute Gasteiger partial charge is 0.422 e. The van der Waals surface area contributed by atoms with Crippen molar-refractivity contribution >= 4 is 23.1 Å². The molecule has 0 saturated carbocycles. The van der Waals surface area contributed by atoms with Gasteiger partial charge in [-0.3, -0.25) is 4.79 Å². The summed E-state index contributed by atoms with van der Waals surface area (Å²) >= 11 is 3.17. The minimum absolute atomic E-state index is 0.270. The molecule has 3 aromatic rings. The third-order valence-corrected chi connectivity index (χ3v) is 5.06. The summed E-state index contributed by atoms with van der Waals surface area (Å²) in [5.74, 6) is 0.799. The van der Waals surface area contributed by atoms with Crippen LogP contribution in [-0.2, 0) is 12.3 Å². The molecule has 0 aliphatic heterocycles. The lowest BCUT2D eigenvalue weighted by Gasteiger charge is -2.08. The number of thioether (sulfide) groups is 1. The van der Waals surface area contributed by atoms with E-state index in [2.05, 4.69) is 24.8 Å². The minimum atomic E-state index is -4.47. The molecule has 0 radical (unpaired) electrons. The summed E-state index contributed by atoms with van der Waals surface area (Å²) in [5.41, 5.74) is 0.575. The first-order valence-corrected chi connectivity index (χ1v) is 10.1. The number of ether oxygens (including phenoxy) is 1. The van der Waals surface area contributed by atoms with Gasteiger partial charge in [-0.05, 0) is 12.3 Å². The Kier molecular flexibility index (Phi) is 6.29. The normalized spacial score (nSPS) is 11.6. The second kappa shape index (κ2) is 8.69. The van der Waals surface area contributed by atoms with Gasteiger partial charge in [-0.15, -0.1) is 11.3 Å². The molecule has 0 unspecified atom stereocenters. The first kappa shape index (κ1) is 20.3. The molecule has 148 valence electrons. The van der Waals surface area contributed by atoms with E-state index in [1.165, 1.54) is 40.5 Å². The molecule has 12 heteroatoms. The van der Waals surface area contributed by atoms with E-state index in [9.17, 15) is 18.0 Å². The number of rotatable bonds is 7. The predicted octanol–water partition coefficient (Wildman–Crippen LogP) is 3.01. The maximum atomic E-state index is 12.2. The highest BCUT2D eigenvalue weighted by molar-refractivity contribution is 7.97. The first-order valence-electron chi connectivity index (χ1n) is 7.87. The molecule has 28 heavy (non-hydrogen) atoms. The molecule has 0 fully saturated rings. The van der Waals surface area contributed by atoms with E-state index in [4.69, 9.17) is 0 Å². The van der Waals surface area contributed by atoms with E-state index in [-0.39, 0.29) is 18.1 Å². The van der Waals surface area contributed by atoms with Crippen molar-refractivity contribution in [2.75, 3.05) is 12.9 Å². The van der Waals surface area contributed by atoms with Crippen LogP contribution in [0.15, 0.2) is 35.5 Å². The monoisotopic (exact) mass is 429 g/mol. The highest BCUT2D eigenvalue weighted by atomic mass is 32.2. The summed E-state index contributed by atoms with van der Waals surface area (Å²) in [6.45, 7) is -1.20. The zero-order valence-electron chi connectivity index (χ0n) is 14.5. The number of hydrogen-bond donors (Lipinski definition) is 0. The van der Waals surface area contributed by atoms with Crippen molar-refractivity contribution in [3.05, 3.63) is 51.0 Å². The summed E-state index contributed by atoms with van der Waals surface area (Å²) in [6.07, 6.45) is 1.81. The van der Waals surface area contributed by atoms with Crippen molar-refractivity contribution < 1.29 is 17.9 Å². The SMILES string of the molecule is CSCc1ncc(Cn2nc(-c3cnc(OCC(F)(F)F)nc3)ccc2=O)s1. The van der Waals surface area contributed by atoms with Crippen molar-refractivity contribution in [3.63, 3.8) is 0 Å². The van der Waals surface area contributed by atoms with Crippen molar-refractivity contribution in [1.82, 2.24) is 24.7 Å². The quantitative estimate of drug-likeness (QED) is 0.571. The van der Waals surface area contributed by atoms with Gasteiger partial charge in [0.2, 0.25) is 0 Å². The molecule has 0 N–H and O–H groups in total. The second-order valence-electron chi connectivity index (χ2n) is 5.53. The molecule has 7 nitrogen and oxygen atoms in total. The summed E-state index contributed by atoms with van der Waals surface area (Å²) in [7, 11) is 0. The molecule has 3 heterocycles. The average Bonchev–Trinajstić information content (AvgIpc) is 3.09. The number of halogens is 3. The molecular formula is C16H14F3N5O2S2. The Morgan fingerprint density at radius 2 is 1.93 bits per heavy atom. The molecule has 0 spiro atoms. The third-order valence-electron chi connectivity index (χ3n) is 3.33. The fourth-order valence-corrected chi connectivity index (χ4v) is 3.76. The van der Waals surface area contributed by atoms with Crippen LogP contribution in [0.2, 0.25) is 0 Å². The topological polar surface area (TPSA) is 82.8 Å². The molecule has 0 aliphatic carbocycles. The van der Waals surface area contributed by atoms with E-state index < -0.39 is 12.8 Å². The Morgan fingerprint density at radius 3 is 2.61 bits per heavy atom.